The van der Waals surface area contributed by atoms with E-state index in [1.807, 2.05) is 13.8 Å². The molecule has 1 aromatic rings. The van der Waals surface area contributed by atoms with Crippen molar-refractivity contribution in [3.63, 3.8) is 0 Å². The Morgan fingerprint density at radius 1 is 1.42 bits per heavy atom. The number of nitrogens with one attached hydrogen (secondary N) is 1. The highest BCUT2D eigenvalue weighted by atomic mass is 16.2. The van der Waals surface area contributed by atoms with E-state index in [-0.39, 0.29) is 30.8 Å². The number of amides is 2. The summed E-state index contributed by atoms with van der Waals surface area (Å²) >= 11 is 0. The summed E-state index contributed by atoms with van der Waals surface area (Å²) in [6, 6.07) is 1.29. The summed E-state index contributed by atoms with van der Waals surface area (Å²) < 4.78 is 0. The van der Waals surface area contributed by atoms with Crippen LogP contribution in [0.3, 0.4) is 0 Å². The Kier molecular flexibility index (Phi) is 4.09. The van der Waals surface area contributed by atoms with Crippen LogP contribution in [-0.2, 0) is 16.1 Å². The minimum absolute atomic E-state index is 0.0542. The lowest BCUT2D eigenvalue weighted by Crippen LogP contribution is -2.60. The van der Waals surface area contributed by atoms with Crippen LogP contribution in [-0.4, -0.2) is 39.3 Å². The standard InChI is InChI=1S/C13H18N4O2/c1-3-9(2)12-13(19)16-7-11(18)17(12)8-10-14-5-4-6-15-10/h4-6,9,12H,3,7-8H2,1-2H3,(H,16,19). The molecule has 1 aliphatic rings. The molecule has 0 bridgehead atoms. The lowest BCUT2D eigenvalue weighted by molar-refractivity contribution is -0.148. The zero-order chi connectivity index (χ0) is 13.8. The van der Waals surface area contributed by atoms with E-state index >= 15 is 0 Å². The van der Waals surface area contributed by atoms with Gasteiger partial charge in [0.25, 0.3) is 0 Å². The number of rotatable bonds is 4. The molecule has 1 saturated heterocycles. The first-order valence-corrected chi connectivity index (χ1v) is 6.46. The van der Waals surface area contributed by atoms with Crippen molar-refractivity contribution < 1.29 is 9.59 Å². The number of piperazine rings is 1. The third kappa shape index (κ3) is 2.89. The largest absolute Gasteiger partial charge is 0.345 e. The third-order valence-corrected chi connectivity index (χ3v) is 3.45. The quantitative estimate of drug-likeness (QED) is 0.849. The van der Waals surface area contributed by atoms with Crippen molar-refractivity contribution in [1.82, 2.24) is 20.2 Å². The fourth-order valence-corrected chi connectivity index (χ4v) is 2.20. The molecule has 2 unspecified atom stereocenters. The molecule has 2 heterocycles. The van der Waals surface area contributed by atoms with Crippen molar-refractivity contribution in [3.8, 4) is 0 Å². The average molecular weight is 262 g/mol. The first-order chi connectivity index (χ1) is 9.13. The highest BCUT2D eigenvalue weighted by Crippen LogP contribution is 2.19. The number of carbonyl (C=O) groups is 2. The van der Waals surface area contributed by atoms with Crippen LogP contribution >= 0.6 is 0 Å². The van der Waals surface area contributed by atoms with Crippen molar-refractivity contribution in [2.45, 2.75) is 32.9 Å². The maximum atomic E-state index is 12.0. The van der Waals surface area contributed by atoms with Gasteiger partial charge in [0.15, 0.2) is 0 Å². The normalized spacial score (nSPS) is 21.2. The second-order valence-corrected chi connectivity index (χ2v) is 4.73. The van der Waals surface area contributed by atoms with Crippen LogP contribution < -0.4 is 5.32 Å². The molecule has 1 fully saturated rings. The van der Waals surface area contributed by atoms with Crippen molar-refractivity contribution in [3.05, 3.63) is 24.3 Å². The smallest absolute Gasteiger partial charge is 0.243 e. The molecule has 2 atom stereocenters. The maximum Gasteiger partial charge on any atom is 0.243 e. The van der Waals surface area contributed by atoms with E-state index in [1.54, 1.807) is 23.4 Å². The molecule has 2 amide bonds. The maximum absolute atomic E-state index is 12.0. The molecule has 1 N–H and O–H groups in total. The molecule has 0 saturated carbocycles. The molecule has 0 aliphatic carbocycles. The Morgan fingerprint density at radius 2 is 2.11 bits per heavy atom. The van der Waals surface area contributed by atoms with Crippen LogP contribution in [0.1, 0.15) is 26.1 Å². The summed E-state index contributed by atoms with van der Waals surface area (Å²) in [6.45, 7) is 4.32. The lowest BCUT2D eigenvalue weighted by atomic mass is 9.95. The Hall–Kier alpha value is -1.98. The summed E-state index contributed by atoms with van der Waals surface area (Å²) in [4.78, 5) is 33.8. The van der Waals surface area contributed by atoms with E-state index in [9.17, 15) is 9.59 Å². The van der Waals surface area contributed by atoms with E-state index in [1.165, 1.54) is 0 Å². The average Bonchev–Trinajstić information content (AvgIpc) is 2.43. The van der Waals surface area contributed by atoms with E-state index in [2.05, 4.69) is 15.3 Å². The monoisotopic (exact) mass is 262 g/mol. The first kappa shape index (κ1) is 13.5. The van der Waals surface area contributed by atoms with Crippen LogP contribution in [0.25, 0.3) is 0 Å². The van der Waals surface area contributed by atoms with E-state index in [0.717, 1.165) is 6.42 Å². The van der Waals surface area contributed by atoms with Crippen LogP contribution in [0.15, 0.2) is 18.5 Å². The molecule has 6 heteroatoms. The predicted octanol–water partition coefficient (Wildman–Crippen LogP) is 0.350. The molecule has 0 radical (unpaired) electrons. The van der Waals surface area contributed by atoms with E-state index in [0.29, 0.717) is 5.82 Å². The first-order valence-electron chi connectivity index (χ1n) is 6.46. The number of hydrogen-bond donors (Lipinski definition) is 1. The third-order valence-electron chi connectivity index (χ3n) is 3.45. The van der Waals surface area contributed by atoms with Gasteiger partial charge in [-0.2, -0.15) is 0 Å². The van der Waals surface area contributed by atoms with E-state index in [4.69, 9.17) is 0 Å². The van der Waals surface area contributed by atoms with Gasteiger partial charge in [-0.25, -0.2) is 9.97 Å². The topological polar surface area (TPSA) is 75.2 Å². The Bertz CT molecular complexity index is 463. The van der Waals surface area contributed by atoms with Gasteiger partial charge in [0, 0.05) is 12.4 Å². The minimum atomic E-state index is -0.435. The molecular weight excluding hydrogens is 244 g/mol. The minimum Gasteiger partial charge on any atom is -0.345 e. The van der Waals surface area contributed by atoms with Gasteiger partial charge in [0.1, 0.15) is 11.9 Å². The Morgan fingerprint density at radius 3 is 2.74 bits per heavy atom. The number of hydrogen-bond acceptors (Lipinski definition) is 4. The van der Waals surface area contributed by atoms with Crippen molar-refractivity contribution >= 4 is 11.8 Å². The molecule has 102 valence electrons. The van der Waals surface area contributed by atoms with Gasteiger partial charge in [-0.05, 0) is 12.0 Å². The van der Waals surface area contributed by atoms with Crippen molar-refractivity contribution in [1.29, 1.82) is 0 Å². The molecule has 1 aliphatic heterocycles. The molecule has 1 aromatic heterocycles. The number of nitrogens with zero attached hydrogens (tertiary/aromatic N) is 3. The molecule has 0 aromatic carbocycles. The van der Waals surface area contributed by atoms with Gasteiger partial charge in [0.05, 0.1) is 13.1 Å². The summed E-state index contributed by atoms with van der Waals surface area (Å²) in [5.41, 5.74) is 0. The van der Waals surface area contributed by atoms with Gasteiger partial charge < -0.3 is 10.2 Å². The number of carbonyl (C=O) groups excluding carboxylic acids is 2. The molecule has 19 heavy (non-hydrogen) atoms. The Balaban J connectivity index is 2.22. The molecular formula is C13H18N4O2. The van der Waals surface area contributed by atoms with Crippen molar-refractivity contribution in [2.75, 3.05) is 6.54 Å². The fourth-order valence-electron chi connectivity index (χ4n) is 2.20. The summed E-state index contributed by atoms with van der Waals surface area (Å²) in [6.07, 6.45) is 4.10. The van der Waals surface area contributed by atoms with Crippen molar-refractivity contribution in [2.24, 2.45) is 5.92 Å². The SMILES string of the molecule is CCC(C)C1C(=O)NCC(=O)N1Cc1ncccn1. The van der Waals surface area contributed by atoms with Gasteiger partial charge in [-0.3, -0.25) is 9.59 Å². The van der Waals surface area contributed by atoms with Gasteiger partial charge in [0.2, 0.25) is 11.8 Å². The molecule has 0 spiro atoms. The van der Waals surface area contributed by atoms with Crippen LogP contribution in [0.5, 0.6) is 0 Å². The van der Waals surface area contributed by atoms with Crippen LogP contribution in [0, 0.1) is 5.92 Å². The Labute approximate surface area is 112 Å². The summed E-state index contributed by atoms with van der Waals surface area (Å²) in [5, 5.41) is 2.64. The summed E-state index contributed by atoms with van der Waals surface area (Å²) in [7, 11) is 0. The zero-order valence-electron chi connectivity index (χ0n) is 11.2. The highest BCUT2D eigenvalue weighted by molar-refractivity contribution is 5.94. The number of aromatic nitrogens is 2. The molecule has 2 rings (SSSR count). The second-order valence-electron chi connectivity index (χ2n) is 4.73. The predicted molar refractivity (Wildman–Crippen MR) is 68.8 cm³/mol. The lowest BCUT2D eigenvalue weighted by Gasteiger charge is -2.37. The molecule has 6 nitrogen and oxygen atoms in total. The van der Waals surface area contributed by atoms with Gasteiger partial charge in [-0.1, -0.05) is 20.3 Å². The van der Waals surface area contributed by atoms with Gasteiger partial charge >= 0.3 is 0 Å². The van der Waals surface area contributed by atoms with Crippen LogP contribution in [0.2, 0.25) is 0 Å². The van der Waals surface area contributed by atoms with Crippen LogP contribution in [0.4, 0.5) is 0 Å². The van der Waals surface area contributed by atoms with E-state index < -0.39 is 6.04 Å². The second kappa shape index (κ2) is 5.77. The fraction of sp³-hybridized carbons (Fsp3) is 0.538. The highest BCUT2D eigenvalue weighted by Gasteiger charge is 2.37. The zero-order valence-corrected chi connectivity index (χ0v) is 11.2. The summed E-state index contributed by atoms with van der Waals surface area (Å²) in [5.74, 6) is 0.481. The van der Waals surface area contributed by atoms with Gasteiger partial charge in [-0.15, -0.1) is 0 Å².